The van der Waals surface area contributed by atoms with Crippen molar-refractivity contribution in [1.82, 2.24) is 20.9 Å². The number of carbonyl (C=O) groups is 5. The van der Waals surface area contributed by atoms with Gasteiger partial charge in [-0.2, -0.15) is 0 Å². The SMILES string of the molecule is N[C@@H](Cc1cccc(O)c1)C(=O)N[C@H]1CSSC[C@@H](C(=O)O)NC(=O)[C@@H]2CCCN2C(=O)[C@H](CO)NC1=O. The third kappa shape index (κ3) is 7.75. The van der Waals surface area contributed by atoms with Crippen molar-refractivity contribution in [1.29, 1.82) is 0 Å². The Morgan fingerprint density at radius 2 is 1.89 bits per heavy atom. The van der Waals surface area contributed by atoms with Crippen LogP contribution in [0.4, 0.5) is 0 Å². The molecule has 2 heterocycles. The highest BCUT2D eigenvalue weighted by atomic mass is 33.1. The molecule has 1 aromatic rings. The van der Waals surface area contributed by atoms with Gasteiger partial charge >= 0.3 is 5.97 Å². The molecule has 2 saturated heterocycles. The molecule has 4 amide bonds. The minimum Gasteiger partial charge on any atom is -0.508 e. The van der Waals surface area contributed by atoms with Gasteiger partial charge in [0.25, 0.3) is 0 Å². The van der Waals surface area contributed by atoms with Crippen LogP contribution in [0.15, 0.2) is 24.3 Å². The van der Waals surface area contributed by atoms with Crippen LogP contribution in [0.25, 0.3) is 0 Å². The molecule has 0 unspecified atom stereocenters. The number of carboxylic acid groups (broad SMARTS) is 1. The lowest BCUT2D eigenvalue weighted by Crippen LogP contribution is -2.60. The number of rotatable bonds is 6. The monoisotopic (exact) mass is 569 g/mol. The van der Waals surface area contributed by atoms with Crippen molar-refractivity contribution in [3.05, 3.63) is 29.8 Å². The second-order valence-corrected chi connectivity index (χ2v) is 11.5. The fraction of sp³-hybridized carbons (Fsp3) is 0.522. The highest BCUT2D eigenvalue weighted by Crippen LogP contribution is 2.25. The van der Waals surface area contributed by atoms with Crippen molar-refractivity contribution < 1.29 is 39.3 Å². The summed E-state index contributed by atoms with van der Waals surface area (Å²) in [5.74, 6) is -3.95. The molecule has 0 bridgehead atoms. The molecule has 0 aliphatic carbocycles. The van der Waals surface area contributed by atoms with E-state index in [4.69, 9.17) is 5.73 Å². The van der Waals surface area contributed by atoms with Crippen molar-refractivity contribution >= 4 is 51.2 Å². The van der Waals surface area contributed by atoms with Gasteiger partial charge in [0, 0.05) is 18.1 Å². The minimum absolute atomic E-state index is 0.0138. The quantitative estimate of drug-likeness (QED) is 0.190. The minimum atomic E-state index is -1.37. The molecule has 0 radical (unpaired) electrons. The lowest BCUT2D eigenvalue weighted by Gasteiger charge is -2.30. The predicted molar refractivity (Wildman–Crippen MR) is 140 cm³/mol. The van der Waals surface area contributed by atoms with E-state index in [1.807, 2.05) is 0 Å². The molecule has 0 aromatic heterocycles. The molecular formula is C23H31N5O8S2. The molecule has 15 heteroatoms. The number of carbonyl (C=O) groups excluding carboxylic acids is 4. The second kappa shape index (κ2) is 13.7. The third-order valence-corrected chi connectivity index (χ3v) is 8.56. The number of aliphatic hydroxyl groups is 1. The van der Waals surface area contributed by atoms with Gasteiger partial charge in [-0.25, -0.2) is 4.79 Å². The fourth-order valence-corrected chi connectivity index (χ4v) is 6.45. The largest absolute Gasteiger partial charge is 0.508 e. The summed E-state index contributed by atoms with van der Waals surface area (Å²) in [6.45, 7) is -0.539. The lowest BCUT2D eigenvalue weighted by molar-refractivity contribution is -0.145. The summed E-state index contributed by atoms with van der Waals surface area (Å²) in [6.07, 6.45) is 0.895. The fourth-order valence-electron chi connectivity index (χ4n) is 4.13. The van der Waals surface area contributed by atoms with E-state index in [-0.39, 0.29) is 30.2 Å². The molecule has 208 valence electrons. The van der Waals surface area contributed by atoms with Crippen molar-refractivity contribution in [3.8, 4) is 5.75 Å². The highest BCUT2D eigenvalue weighted by Gasteiger charge is 2.39. The van der Waals surface area contributed by atoms with Crippen LogP contribution in [0, 0.1) is 0 Å². The molecule has 2 fully saturated rings. The summed E-state index contributed by atoms with van der Waals surface area (Å²) in [6, 6.07) is 0.504. The van der Waals surface area contributed by atoms with Crippen LogP contribution in [-0.4, -0.2) is 105 Å². The number of aliphatic hydroxyl groups excluding tert-OH is 1. The molecule has 1 aromatic carbocycles. The first-order valence-electron chi connectivity index (χ1n) is 11.9. The maximum Gasteiger partial charge on any atom is 0.327 e. The van der Waals surface area contributed by atoms with Gasteiger partial charge in [-0.15, -0.1) is 0 Å². The standard InChI is InChI=1S/C23H31N5O8S2/c24-14(8-12-3-1-4-13(30)7-12)19(31)26-16-10-37-38-11-17(23(35)36)27-21(33)18-5-2-6-28(18)22(34)15(9-29)25-20(16)32/h1,3-4,7,14-18,29-30H,2,5-6,8-11,24H2,(H,25,32)(H,26,31)(H,27,33)(H,35,36)/t14-,15-,16-,17-,18-/m0/s1. The Morgan fingerprint density at radius 3 is 2.58 bits per heavy atom. The number of aromatic hydroxyl groups is 1. The van der Waals surface area contributed by atoms with Gasteiger partial charge in [-0.3, -0.25) is 19.2 Å². The number of phenolic OH excluding ortho intramolecular Hbond substituents is 1. The Balaban J connectivity index is 1.77. The number of phenols is 1. The maximum absolute atomic E-state index is 13.1. The Kier molecular flexibility index (Phi) is 10.6. The zero-order chi connectivity index (χ0) is 27.8. The van der Waals surface area contributed by atoms with Gasteiger partial charge in [0.1, 0.15) is 29.9 Å². The van der Waals surface area contributed by atoms with Crippen molar-refractivity contribution in [2.45, 2.75) is 49.5 Å². The highest BCUT2D eigenvalue weighted by molar-refractivity contribution is 8.76. The van der Waals surface area contributed by atoms with Crippen LogP contribution in [-0.2, 0) is 30.4 Å². The van der Waals surface area contributed by atoms with E-state index < -0.39 is 66.4 Å². The van der Waals surface area contributed by atoms with E-state index in [0.717, 1.165) is 21.6 Å². The Bertz CT molecular complexity index is 1060. The van der Waals surface area contributed by atoms with Gasteiger partial charge in [-0.1, -0.05) is 33.7 Å². The first-order valence-corrected chi connectivity index (χ1v) is 14.4. The molecule has 13 nitrogen and oxygen atoms in total. The maximum atomic E-state index is 13.1. The van der Waals surface area contributed by atoms with E-state index >= 15 is 0 Å². The van der Waals surface area contributed by atoms with E-state index in [0.29, 0.717) is 18.4 Å². The van der Waals surface area contributed by atoms with E-state index in [1.54, 1.807) is 12.1 Å². The van der Waals surface area contributed by atoms with Gasteiger partial charge in [0.15, 0.2) is 0 Å². The number of hydrogen-bond acceptors (Lipinski definition) is 10. The van der Waals surface area contributed by atoms with Crippen LogP contribution >= 0.6 is 21.6 Å². The number of hydrogen-bond donors (Lipinski definition) is 7. The van der Waals surface area contributed by atoms with Gasteiger partial charge in [-0.05, 0) is 37.0 Å². The molecule has 8 N–H and O–H groups in total. The predicted octanol–water partition coefficient (Wildman–Crippen LogP) is -1.82. The average molecular weight is 570 g/mol. The molecule has 38 heavy (non-hydrogen) atoms. The Morgan fingerprint density at radius 1 is 1.16 bits per heavy atom. The summed E-state index contributed by atoms with van der Waals surface area (Å²) >= 11 is 0. The zero-order valence-corrected chi connectivity index (χ0v) is 22.0. The van der Waals surface area contributed by atoms with Gasteiger partial charge < -0.3 is 41.9 Å². The van der Waals surface area contributed by atoms with Crippen molar-refractivity contribution in [2.75, 3.05) is 24.7 Å². The third-order valence-electron chi connectivity index (χ3n) is 6.14. The van der Waals surface area contributed by atoms with Crippen molar-refractivity contribution in [3.63, 3.8) is 0 Å². The molecule has 0 saturated carbocycles. The lowest BCUT2D eigenvalue weighted by atomic mass is 10.1. The number of aliphatic carboxylic acids is 1. The summed E-state index contributed by atoms with van der Waals surface area (Å²) in [5, 5.41) is 36.5. The van der Waals surface area contributed by atoms with Gasteiger partial charge in [0.2, 0.25) is 23.6 Å². The number of nitrogens with two attached hydrogens (primary N) is 1. The van der Waals surface area contributed by atoms with Crippen molar-refractivity contribution in [2.24, 2.45) is 5.73 Å². The van der Waals surface area contributed by atoms with Crippen LogP contribution < -0.4 is 21.7 Å². The summed E-state index contributed by atoms with van der Waals surface area (Å²) in [5.41, 5.74) is 6.64. The number of nitrogens with zero attached hydrogens (tertiary/aromatic N) is 1. The van der Waals surface area contributed by atoms with Crippen LogP contribution in [0.2, 0.25) is 0 Å². The first kappa shape index (κ1) is 29.5. The Hall–Kier alpha value is -3.01. The average Bonchev–Trinajstić information content (AvgIpc) is 3.37. The molecule has 5 atom stereocenters. The van der Waals surface area contributed by atoms with Gasteiger partial charge in [0.05, 0.1) is 12.6 Å². The molecular weight excluding hydrogens is 538 g/mol. The normalized spacial score (nSPS) is 25.9. The summed E-state index contributed by atoms with van der Waals surface area (Å²) in [4.78, 5) is 64.7. The topological polar surface area (TPSA) is 211 Å². The number of amides is 4. The van der Waals surface area contributed by atoms with Crippen LogP contribution in [0.3, 0.4) is 0 Å². The Labute approximate surface area is 226 Å². The van der Waals surface area contributed by atoms with E-state index in [1.165, 1.54) is 17.0 Å². The number of nitrogens with one attached hydrogen (secondary N) is 3. The first-order chi connectivity index (χ1) is 18.1. The molecule has 2 aliphatic heterocycles. The van der Waals surface area contributed by atoms with Crippen LogP contribution in [0.5, 0.6) is 5.75 Å². The summed E-state index contributed by atoms with van der Waals surface area (Å²) < 4.78 is 0. The second-order valence-electron chi connectivity index (χ2n) is 8.94. The smallest absolute Gasteiger partial charge is 0.327 e. The number of fused-ring (bicyclic) bond motifs is 1. The number of carboxylic acids is 1. The summed E-state index contributed by atoms with van der Waals surface area (Å²) in [7, 11) is 2.19. The van der Waals surface area contributed by atoms with Crippen LogP contribution in [0.1, 0.15) is 18.4 Å². The zero-order valence-electron chi connectivity index (χ0n) is 20.4. The van der Waals surface area contributed by atoms with E-state index in [2.05, 4.69) is 16.0 Å². The van der Waals surface area contributed by atoms with E-state index in [9.17, 15) is 39.3 Å². The molecule has 0 spiro atoms. The molecule has 3 rings (SSSR count). The number of benzene rings is 1. The molecule has 2 aliphatic rings.